The fourth-order valence-corrected chi connectivity index (χ4v) is 3.62. The van der Waals surface area contributed by atoms with E-state index < -0.39 is 0 Å². The predicted molar refractivity (Wildman–Crippen MR) is 76.9 cm³/mol. The maximum Gasteiger partial charge on any atom is 0.138 e. The molecule has 2 heterocycles. The molecule has 3 aromatic rings. The lowest BCUT2D eigenvalue weighted by Crippen LogP contribution is -1.86. The lowest BCUT2D eigenvalue weighted by atomic mass is 10.2. The maximum absolute atomic E-state index is 5.79. The highest BCUT2D eigenvalue weighted by atomic mass is 32.1. The van der Waals surface area contributed by atoms with E-state index >= 15 is 0 Å². The van der Waals surface area contributed by atoms with Gasteiger partial charge in [-0.1, -0.05) is 17.8 Å². The third-order valence-corrected chi connectivity index (χ3v) is 4.59. The van der Waals surface area contributed by atoms with Crippen LogP contribution in [-0.4, -0.2) is 14.6 Å². The Morgan fingerprint density at radius 2 is 2.22 bits per heavy atom. The van der Waals surface area contributed by atoms with Crippen molar-refractivity contribution in [2.24, 2.45) is 0 Å². The second kappa shape index (κ2) is 4.62. The van der Waals surface area contributed by atoms with Gasteiger partial charge in [-0.25, -0.2) is 4.98 Å². The molecule has 3 rings (SSSR count). The van der Waals surface area contributed by atoms with Crippen LogP contribution in [-0.2, 0) is 6.42 Å². The smallest absolute Gasteiger partial charge is 0.138 e. The highest BCUT2D eigenvalue weighted by molar-refractivity contribution is 7.24. The highest BCUT2D eigenvalue weighted by Gasteiger charge is 2.14. The van der Waals surface area contributed by atoms with E-state index in [4.69, 9.17) is 5.73 Å². The summed E-state index contributed by atoms with van der Waals surface area (Å²) in [7, 11) is 0. The Kier molecular flexibility index (Phi) is 2.97. The van der Waals surface area contributed by atoms with Crippen LogP contribution in [0.5, 0.6) is 0 Å². The number of fused-ring (bicyclic) bond motifs is 1. The van der Waals surface area contributed by atoms with Crippen molar-refractivity contribution in [2.75, 3.05) is 5.73 Å². The molecular weight excluding hydrogens is 264 g/mol. The first-order chi connectivity index (χ1) is 8.78. The number of thiazole rings is 1. The summed E-state index contributed by atoms with van der Waals surface area (Å²) in [5.74, 6) is 0. The van der Waals surface area contributed by atoms with Gasteiger partial charge in [0.25, 0.3) is 0 Å². The fraction of sp³-hybridized carbons (Fsp3) is 0.250. The number of anilines is 1. The van der Waals surface area contributed by atoms with Gasteiger partial charge in [0.05, 0.1) is 15.9 Å². The summed E-state index contributed by atoms with van der Waals surface area (Å²) >= 11 is 3.07. The van der Waals surface area contributed by atoms with Gasteiger partial charge in [0.2, 0.25) is 0 Å². The van der Waals surface area contributed by atoms with Crippen LogP contribution < -0.4 is 5.73 Å². The summed E-state index contributed by atoms with van der Waals surface area (Å²) in [5, 5.41) is 5.18. The van der Waals surface area contributed by atoms with Crippen LogP contribution in [0.1, 0.15) is 19.0 Å². The number of benzene rings is 1. The molecule has 2 N–H and O–H groups in total. The van der Waals surface area contributed by atoms with E-state index in [2.05, 4.69) is 21.5 Å². The van der Waals surface area contributed by atoms with Crippen molar-refractivity contribution in [1.29, 1.82) is 0 Å². The summed E-state index contributed by atoms with van der Waals surface area (Å²) in [6, 6.07) is 5.80. The number of aryl methyl sites for hydroxylation is 1. The summed E-state index contributed by atoms with van der Waals surface area (Å²) in [6.07, 6.45) is 2.01. The van der Waals surface area contributed by atoms with Crippen LogP contribution in [0, 0.1) is 0 Å². The molecule has 0 aliphatic heterocycles. The zero-order valence-electron chi connectivity index (χ0n) is 9.88. The van der Waals surface area contributed by atoms with Gasteiger partial charge in [-0.05, 0) is 36.2 Å². The zero-order valence-corrected chi connectivity index (χ0v) is 11.5. The molecule has 1 aromatic carbocycles. The Balaban J connectivity index is 2.10. The van der Waals surface area contributed by atoms with E-state index in [1.807, 2.05) is 18.2 Å². The molecule has 92 valence electrons. The Hall–Kier alpha value is -1.53. The fourth-order valence-electron chi connectivity index (χ4n) is 1.81. The van der Waals surface area contributed by atoms with Crippen molar-refractivity contribution in [1.82, 2.24) is 14.6 Å². The summed E-state index contributed by atoms with van der Waals surface area (Å²) in [6.45, 7) is 2.14. The number of nitrogens with two attached hydrogens (primary N) is 1. The minimum atomic E-state index is 0.772. The molecule has 0 atom stereocenters. The summed E-state index contributed by atoms with van der Waals surface area (Å²) < 4.78 is 5.15. The van der Waals surface area contributed by atoms with Crippen LogP contribution in [0.4, 0.5) is 5.69 Å². The van der Waals surface area contributed by atoms with Crippen molar-refractivity contribution < 1.29 is 0 Å². The molecule has 0 saturated heterocycles. The third kappa shape index (κ3) is 1.97. The predicted octanol–water partition coefficient (Wildman–Crippen LogP) is 3.35. The van der Waals surface area contributed by atoms with Crippen LogP contribution in [0.3, 0.4) is 0 Å². The normalized spacial score (nSPS) is 11.2. The molecule has 0 aliphatic carbocycles. The van der Waals surface area contributed by atoms with Crippen LogP contribution >= 0.6 is 22.9 Å². The second-order valence-electron chi connectivity index (χ2n) is 4.04. The second-order valence-corrected chi connectivity index (χ2v) is 5.83. The lowest BCUT2D eigenvalue weighted by molar-refractivity contribution is 0.871. The van der Waals surface area contributed by atoms with Gasteiger partial charge in [0.15, 0.2) is 0 Å². The average Bonchev–Trinajstić information content (AvgIpc) is 2.94. The third-order valence-electron chi connectivity index (χ3n) is 2.65. The Morgan fingerprint density at radius 1 is 1.33 bits per heavy atom. The number of nitrogens with zero attached hydrogens (tertiary/aromatic N) is 3. The molecule has 0 fully saturated rings. The van der Waals surface area contributed by atoms with E-state index in [9.17, 15) is 0 Å². The van der Waals surface area contributed by atoms with Gasteiger partial charge >= 0.3 is 0 Å². The van der Waals surface area contributed by atoms with E-state index in [0.29, 0.717) is 0 Å². The van der Waals surface area contributed by atoms with Crippen molar-refractivity contribution >= 4 is 38.8 Å². The van der Waals surface area contributed by atoms with Crippen molar-refractivity contribution in [3.8, 4) is 9.88 Å². The van der Waals surface area contributed by atoms with E-state index in [1.54, 1.807) is 11.3 Å². The van der Waals surface area contributed by atoms with E-state index in [1.165, 1.54) is 11.5 Å². The number of rotatable bonds is 3. The van der Waals surface area contributed by atoms with Gasteiger partial charge in [0, 0.05) is 5.69 Å². The molecule has 0 spiro atoms. The van der Waals surface area contributed by atoms with Crippen LogP contribution in [0.15, 0.2) is 18.2 Å². The SMILES string of the molecule is CCCc1nnsc1-c1nc2ccc(N)cc2s1. The van der Waals surface area contributed by atoms with Gasteiger partial charge in [-0.15, -0.1) is 16.4 Å². The van der Waals surface area contributed by atoms with Gasteiger partial charge in [0.1, 0.15) is 9.88 Å². The first kappa shape index (κ1) is 11.6. The first-order valence-electron chi connectivity index (χ1n) is 5.75. The molecule has 2 aromatic heterocycles. The number of aromatic nitrogens is 3. The van der Waals surface area contributed by atoms with Crippen LogP contribution in [0.25, 0.3) is 20.1 Å². The Labute approximate surface area is 113 Å². The van der Waals surface area contributed by atoms with E-state index in [-0.39, 0.29) is 0 Å². The molecule has 18 heavy (non-hydrogen) atoms. The molecule has 4 nitrogen and oxygen atoms in total. The monoisotopic (exact) mass is 276 g/mol. The summed E-state index contributed by atoms with van der Waals surface area (Å²) in [4.78, 5) is 5.73. The minimum Gasteiger partial charge on any atom is -0.399 e. The number of nitrogen functional groups attached to an aromatic ring is 1. The molecule has 6 heteroatoms. The first-order valence-corrected chi connectivity index (χ1v) is 7.34. The lowest BCUT2D eigenvalue weighted by Gasteiger charge is -1.93. The number of hydrogen-bond acceptors (Lipinski definition) is 6. The van der Waals surface area contributed by atoms with Crippen molar-refractivity contribution in [3.63, 3.8) is 0 Å². The van der Waals surface area contributed by atoms with Gasteiger partial charge < -0.3 is 5.73 Å². The quantitative estimate of drug-likeness (QED) is 0.745. The molecule has 0 radical (unpaired) electrons. The zero-order chi connectivity index (χ0) is 12.5. The Bertz CT molecular complexity index is 686. The molecule has 0 bridgehead atoms. The minimum absolute atomic E-state index is 0.772. The van der Waals surface area contributed by atoms with Gasteiger partial charge in [-0.3, -0.25) is 0 Å². The van der Waals surface area contributed by atoms with Crippen molar-refractivity contribution in [3.05, 3.63) is 23.9 Å². The molecule has 0 unspecified atom stereocenters. The Morgan fingerprint density at radius 3 is 3.06 bits per heavy atom. The highest BCUT2D eigenvalue weighted by Crippen LogP contribution is 2.34. The molecular formula is C12H12N4S2. The van der Waals surface area contributed by atoms with Gasteiger partial charge in [-0.2, -0.15) is 0 Å². The number of hydrogen-bond donors (Lipinski definition) is 1. The maximum atomic E-state index is 5.79. The largest absolute Gasteiger partial charge is 0.399 e. The summed E-state index contributed by atoms with van der Waals surface area (Å²) in [5.41, 5.74) is 8.60. The molecule has 0 aliphatic rings. The van der Waals surface area contributed by atoms with Crippen molar-refractivity contribution in [2.45, 2.75) is 19.8 Å². The molecule has 0 amide bonds. The standard InChI is InChI=1S/C12H12N4S2/c1-2-3-9-11(18-16-15-9)12-14-8-5-4-7(13)6-10(8)17-12/h4-6H,2-3,13H2,1H3. The van der Waals surface area contributed by atoms with Crippen LogP contribution in [0.2, 0.25) is 0 Å². The molecule has 0 saturated carbocycles. The average molecular weight is 276 g/mol. The van der Waals surface area contributed by atoms with E-state index in [0.717, 1.165) is 44.3 Å². The topological polar surface area (TPSA) is 64.7 Å².